The molecule has 172 valence electrons. The molecule has 2 aromatic rings. The topological polar surface area (TPSA) is 116 Å². The molecular weight excluding hydrogens is 436 g/mol. The van der Waals surface area contributed by atoms with Crippen molar-refractivity contribution in [2.24, 2.45) is 0 Å². The third-order valence-corrected chi connectivity index (χ3v) is 6.50. The minimum Gasteiger partial charge on any atom is -0.378 e. The van der Waals surface area contributed by atoms with Crippen LogP contribution in [0.1, 0.15) is 12.8 Å². The summed E-state index contributed by atoms with van der Waals surface area (Å²) in [5, 5.41) is 20.3. The van der Waals surface area contributed by atoms with Gasteiger partial charge in [0.1, 0.15) is 0 Å². The van der Waals surface area contributed by atoms with E-state index in [1.165, 1.54) is 28.8 Å². The molecule has 1 atom stereocenters. The molecule has 2 aliphatic heterocycles. The highest BCUT2D eigenvalue weighted by atomic mass is 32.2. The third-order valence-electron chi connectivity index (χ3n) is 5.55. The van der Waals surface area contributed by atoms with Crippen LogP contribution in [-0.2, 0) is 20.8 Å². The Kier molecular flexibility index (Phi) is 7.22. The second-order valence-corrected chi connectivity index (χ2v) is 8.59. The molecule has 1 unspecified atom stereocenters. The summed E-state index contributed by atoms with van der Waals surface area (Å²) in [4.78, 5) is 26.8. The first kappa shape index (κ1) is 22.5. The van der Waals surface area contributed by atoms with Crippen LogP contribution in [0.25, 0.3) is 0 Å². The lowest BCUT2D eigenvalue weighted by Crippen LogP contribution is -2.38. The highest BCUT2D eigenvalue weighted by Gasteiger charge is 2.25. The average Bonchev–Trinajstić information content (AvgIpc) is 3.48. The fraction of sp³-hybridized carbons (Fsp3) is 0.550. The smallest absolute Gasteiger partial charge is 0.269 e. The summed E-state index contributed by atoms with van der Waals surface area (Å²) < 4.78 is 13.3. The van der Waals surface area contributed by atoms with Crippen molar-refractivity contribution in [3.8, 4) is 0 Å². The number of ether oxygens (including phenoxy) is 2. The predicted molar refractivity (Wildman–Crippen MR) is 119 cm³/mol. The first-order valence-electron chi connectivity index (χ1n) is 10.5. The molecule has 1 aromatic carbocycles. The summed E-state index contributed by atoms with van der Waals surface area (Å²) in [6.07, 6.45) is 2.15. The maximum atomic E-state index is 12.8. The maximum Gasteiger partial charge on any atom is 0.269 e. The SMILES string of the molecule is CN(C(=O)CSc1nnc(N2CCOCC2)n1CC1CCCO1)c1ccc([N+](=O)[O-])cc1. The van der Waals surface area contributed by atoms with Crippen molar-refractivity contribution < 1.29 is 19.2 Å². The second-order valence-electron chi connectivity index (χ2n) is 7.64. The van der Waals surface area contributed by atoms with Crippen LogP contribution < -0.4 is 9.80 Å². The van der Waals surface area contributed by atoms with Crippen molar-refractivity contribution in [3.63, 3.8) is 0 Å². The largest absolute Gasteiger partial charge is 0.378 e. The number of carbonyl (C=O) groups excluding carboxylic acids is 1. The number of amides is 1. The molecule has 2 fully saturated rings. The third kappa shape index (κ3) is 5.19. The molecule has 0 radical (unpaired) electrons. The van der Waals surface area contributed by atoms with E-state index < -0.39 is 4.92 Å². The first-order chi connectivity index (χ1) is 15.5. The molecule has 0 saturated carbocycles. The van der Waals surface area contributed by atoms with E-state index in [0.29, 0.717) is 30.6 Å². The van der Waals surface area contributed by atoms with E-state index in [0.717, 1.165) is 38.5 Å². The number of rotatable bonds is 8. The van der Waals surface area contributed by atoms with E-state index in [9.17, 15) is 14.9 Å². The number of aromatic nitrogens is 3. The molecule has 12 heteroatoms. The van der Waals surface area contributed by atoms with E-state index in [-0.39, 0.29) is 23.5 Å². The van der Waals surface area contributed by atoms with Gasteiger partial charge in [0, 0.05) is 44.6 Å². The molecule has 4 rings (SSSR count). The monoisotopic (exact) mass is 462 g/mol. The quantitative estimate of drug-likeness (QED) is 0.330. The second kappa shape index (κ2) is 10.3. The number of non-ortho nitro benzene ring substituents is 1. The van der Waals surface area contributed by atoms with E-state index in [1.807, 2.05) is 4.57 Å². The average molecular weight is 463 g/mol. The van der Waals surface area contributed by atoms with Crippen molar-refractivity contribution in [2.75, 3.05) is 55.5 Å². The lowest BCUT2D eigenvalue weighted by atomic mass is 10.2. The van der Waals surface area contributed by atoms with Crippen LogP contribution in [-0.4, -0.2) is 77.4 Å². The number of thioether (sulfide) groups is 1. The van der Waals surface area contributed by atoms with E-state index in [4.69, 9.17) is 9.47 Å². The number of nitro benzene ring substituents is 1. The van der Waals surface area contributed by atoms with Gasteiger partial charge in [0.15, 0.2) is 5.16 Å². The maximum absolute atomic E-state index is 12.8. The van der Waals surface area contributed by atoms with Gasteiger partial charge in [0.2, 0.25) is 11.9 Å². The molecule has 0 spiro atoms. The molecule has 2 aliphatic rings. The fourth-order valence-corrected chi connectivity index (χ4v) is 4.56. The van der Waals surface area contributed by atoms with E-state index in [1.54, 1.807) is 19.2 Å². The van der Waals surface area contributed by atoms with Crippen LogP contribution in [0.3, 0.4) is 0 Å². The van der Waals surface area contributed by atoms with Gasteiger partial charge in [0.05, 0.1) is 36.5 Å². The molecule has 1 amide bonds. The summed E-state index contributed by atoms with van der Waals surface area (Å²) in [5.41, 5.74) is 0.581. The number of carbonyl (C=O) groups is 1. The number of benzene rings is 1. The Hall–Kier alpha value is -2.70. The number of nitro groups is 1. The predicted octanol–water partition coefficient (Wildman–Crippen LogP) is 1.96. The minimum absolute atomic E-state index is 0.0122. The van der Waals surface area contributed by atoms with Crippen LogP contribution >= 0.6 is 11.8 Å². The van der Waals surface area contributed by atoms with Crippen molar-refractivity contribution in [2.45, 2.75) is 30.6 Å². The molecule has 32 heavy (non-hydrogen) atoms. The van der Waals surface area contributed by atoms with Gasteiger partial charge in [-0.2, -0.15) is 0 Å². The molecule has 0 N–H and O–H groups in total. The molecule has 0 bridgehead atoms. The molecule has 3 heterocycles. The molecular formula is C20H26N6O5S. The van der Waals surface area contributed by atoms with Crippen molar-refractivity contribution >= 4 is 35.0 Å². The van der Waals surface area contributed by atoms with Gasteiger partial charge in [-0.25, -0.2) is 0 Å². The number of morpholine rings is 1. The zero-order valence-corrected chi connectivity index (χ0v) is 18.7. The Morgan fingerprint density at radius 2 is 2.00 bits per heavy atom. The summed E-state index contributed by atoms with van der Waals surface area (Å²) in [6.45, 7) is 4.20. The fourth-order valence-electron chi connectivity index (χ4n) is 3.70. The Balaban J connectivity index is 1.44. The van der Waals surface area contributed by atoms with Gasteiger partial charge in [-0.3, -0.25) is 19.5 Å². The standard InChI is InChI=1S/C20H26N6O5S/c1-23(15-4-6-16(7-5-15)26(28)29)18(27)14-32-20-22-21-19(24-8-11-30-12-9-24)25(20)13-17-3-2-10-31-17/h4-7,17H,2-3,8-14H2,1H3. The summed E-state index contributed by atoms with van der Waals surface area (Å²) in [5.74, 6) is 0.811. The lowest BCUT2D eigenvalue weighted by molar-refractivity contribution is -0.384. The summed E-state index contributed by atoms with van der Waals surface area (Å²) in [6, 6.07) is 5.91. The van der Waals surface area contributed by atoms with Gasteiger partial charge < -0.3 is 19.3 Å². The Labute approximate surface area is 189 Å². The normalized spacial score (nSPS) is 18.7. The lowest BCUT2D eigenvalue weighted by Gasteiger charge is -2.28. The van der Waals surface area contributed by atoms with Crippen LogP contribution in [0, 0.1) is 10.1 Å². The van der Waals surface area contributed by atoms with Crippen LogP contribution in [0.2, 0.25) is 0 Å². The zero-order valence-electron chi connectivity index (χ0n) is 17.9. The zero-order chi connectivity index (χ0) is 22.5. The minimum atomic E-state index is -0.464. The molecule has 0 aliphatic carbocycles. The van der Waals surface area contributed by atoms with E-state index >= 15 is 0 Å². The Morgan fingerprint density at radius 1 is 1.25 bits per heavy atom. The molecule has 1 aromatic heterocycles. The van der Waals surface area contributed by atoms with Gasteiger partial charge in [0.25, 0.3) is 5.69 Å². The first-order valence-corrected chi connectivity index (χ1v) is 11.5. The van der Waals surface area contributed by atoms with Gasteiger partial charge in [-0.1, -0.05) is 11.8 Å². The van der Waals surface area contributed by atoms with Gasteiger partial charge >= 0.3 is 0 Å². The molecule has 11 nitrogen and oxygen atoms in total. The van der Waals surface area contributed by atoms with Gasteiger partial charge in [-0.15, -0.1) is 10.2 Å². The Bertz CT molecular complexity index is 940. The number of hydrogen-bond donors (Lipinski definition) is 0. The van der Waals surface area contributed by atoms with Crippen molar-refractivity contribution in [1.29, 1.82) is 0 Å². The highest BCUT2D eigenvalue weighted by molar-refractivity contribution is 7.99. The number of hydrogen-bond acceptors (Lipinski definition) is 9. The molecule has 2 saturated heterocycles. The number of anilines is 2. The van der Waals surface area contributed by atoms with Crippen molar-refractivity contribution in [3.05, 3.63) is 34.4 Å². The Morgan fingerprint density at radius 3 is 2.66 bits per heavy atom. The number of nitrogens with zero attached hydrogens (tertiary/aromatic N) is 6. The highest BCUT2D eigenvalue weighted by Crippen LogP contribution is 2.27. The van der Waals surface area contributed by atoms with Crippen LogP contribution in [0.4, 0.5) is 17.3 Å². The summed E-state index contributed by atoms with van der Waals surface area (Å²) in [7, 11) is 1.65. The van der Waals surface area contributed by atoms with E-state index in [2.05, 4.69) is 15.1 Å². The van der Waals surface area contributed by atoms with Crippen LogP contribution in [0.15, 0.2) is 29.4 Å². The van der Waals surface area contributed by atoms with Crippen molar-refractivity contribution in [1.82, 2.24) is 14.8 Å². The van der Waals surface area contributed by atoms with Gasteiger partial charge in [-0.05, 0) is 25.0 Å². The summed E-state index contributed by atoms with van der Waals surface area (Å²) >= 11 is 1.33. The van der Waals surface area contributed by atoms with Crippen LogP contribution in [0.5, 0.6) is 0 Å².